The Morgan fingerprint density at radius 3 is 2.47 bits per heavy atom. The van der Waals surface area contributed by atoms with Gasteiger partial charge in [-0.3, -0.25) is 0 Å². The molecule has 0 saturated carbocycles. The molecule has 1 aromatic carbocycles. The van der Waals surface area contributed by atoms with Crippen molar-refractivity contribution in [3.63, 3.8) is 0 Å². The van der Waals surface area contributed by atoms with E-state index in [2.05, 4.69) is 12.4 Å². The summed E-state index contributed by atoms with van der Waals surface area (Å²) in [5.74, 6) is 0. The number of rotatable bonds is 1. The first kappa shape index (κ1) is 12.2. The van der Waals surface area contributed by atoms with Gasteiger partial charge < -0.3 is 15.1 Å². The van der Waals surface area contributed by atoms with Crippen molar-refractivity contribution >= 4 is 23.3 Å². The number of hydrogen-bond acceptors (Lipinski definition) is 1. The highest BCUT2D eigenvalue weighted by molar-refractivity contribution is 6.30. The smallest absolute Gasteiger partial charge is 0.322 e. The Morgan fingerprint density at radius 2 is 1.88 bits per heavy atom. The van der Waals surface area contributed by atoms with E-state index >= 15 is 0 Å². The van der Waals surface area contributed by atoms with Gasteiger partial charge in [0.2, 0.25) is 0 Å². The molecule has 0 aromatic heterocycles. The third-order valence-corrected chi connectivity index (χ3v) is 3.25. The van der Waals surface area contributed by atoms with Gasteiger partial charge in [-0.05, 0) is 24.3 Å². The van der Waals surface area contributed by atoms with Crippen LogP contribution in [0.3, 0.4) is 0 Å². The maximum Gasteiger partial charge on any atom is 0.322 e. The topological polar surface area (TPSA) is 36.8 Å². The Labute approximate surface area is 106 Å². The molecule has 0 spiro atoms. The van der Waals surface area contributed by atoms with Crippen LogP contribution in [0.15, 0.2) is 24.3 Å². The summed E-state index contributed by atoms with van der Waals surface area (Å²) < 4.78 is 0. The van der Waals surface area contributed by atoms with Crippen molar-refractivity contribution in [3.05, 3.63) is 29.3 Å². The second-order valence-electron chi connectivity index (χ2n) is 4.38. The summed E-state index contributed by atoms with van der Waals surface area (Å²) in [6, 6.07) is 7.12. The number of urea groups is 1. The Hall–Kier alpha value is -1.26. The van der Waals surface area contributed by atoms with E-state index in [1.165, 1.54) is 4.90 Å². The molecule has 17 heavy (non-hydrogen) atoms. The number of amides is 2. The number of anilines is 1. The van der Waals surface area contributed by atoms with Gasteiger partial charge in [0.1, 0.15) is 0 Å². The summed E-state index contributed by atoms with van der Waals surface area (Å²) in [6.07, 6.45) is 0. The van der Waals surface area contributed by atoms with Crippen molar-refractivity contribution in [1.29, 1.82) is 0 Å². The van der Waals surface area contributed by atoms with Crippen molar-refractivity contribution in [1.82, 2.24) is 4.90 Å². The number of quaternary nitrogens is 1. The van der Waals surface area contributed by atoms with Crippen LogP contribution < -0.4 is 10.2 Å². The fraction of sp³-hybridized carbons (Fsp3) is 0.417. The molecule has 0 bridgehead atoms. The zero-order valence-corrected chi connectivity index (χ0v) is 10.6. The monoisotopic (exact) mass is 254 g/mol. The van der Waals surface area contributed by atoms with Crippen molar-refractivity contribution in [2.45, 2.75) is 0 Å². The predicted molar refractivity (Wildman–Crippen MR) is 68.7 cm³/mol. The zero-order valence-electron chi connectivity index (χ0n) is 9.87. The van der Waals surface area contributed by atoms with E-state index in [0.717, 1.165) is 31.9 Å². The normalized spacial score (nSPS) is 16.9. The summed E-state index contributed by atoms with van der Waals surface area (Å²) in [7, 11) is 2.15. The molecular formula is C12H17ClN3O+. The lowest BCUT2D eigenvalue weighted by molar-refractivity contribution is -0.883. The van der Waals surface area contributed by atoms with Crippen molar-refractivity contribution in [2.75, 3.05) is 38.5 Å². The second kappa shape index (κ2) is 5.38. The average Bonchev–Trinajstić information content (AvgIpc) is 2.33. The highest BCUT2D eigenvalue weighted by Gasteiger charge is 2.20. The van der Waals surface area contributed by atoms with Gasteiger partial charge >= 0.3 is 6.03 Å². The molecular weight excluding hydrogens is 238 g/mol. The molecule has 1 heterocycles. The predicted octanol–water partition coefficient (Wildman–Crippen LogP) is 0.702. The zero-order chi connectivity index (χ0) is 12.3. The Balaban J connectivity index is 1.90. The first-order chi connectivity index (χ1) is 8.15. The Kier molecular flexibility index (Phi) is 3.86. The summed E-state index contributed by atoms with van der Waals surface area (Å²) >= 11 is 5.79. The molecule has 1 saturated heterocycles. The van der Waals surface area contributed by atoms with Crippen LogP contribution in [0.2, 0.25) is 5.02 Å². The van der Waals surface area contributed by atoms with E-state index < -0.39 is 0 Å². The van der Waals surface area contributed by atoms with Gasteiger partial charge in [0, 0.05) is 10.7 Å². The lowest BCUT2D eigenvalue weighted by atomic mass is 10.3. The Morgan fingerprint density at radius 1 is 1.29 bits per heavy atom. The van der Waals surface area contributed by atoms with Gasteiger partial charge in [-0.15, -0.1) is 0 Å². The molecule has 0 unspecified atom stereocenters. The number of halogens is 1. The number of nitrogens with zero attached hydrogens (tertiary/aromatic N) is 1. The molecule has 2 amide bonds. The van der Waals surface area contributed by atoms with Gasteiger partial charge in [-0.2, -0.15) is 0 Å². The van der Waals surface area contributed by atoms with Gasteiger partial charge in [-0.1, -0.05) is 11.6 Å². The van der Waals surface area contributed by atoms with Crippen LogP contribution in [-0.2, 0) is 0 Å². The maximum absolute atomic E-state index is 11.9. The fourth-order valence-corrected chi connectivity index (χ4v) is 1.95. The van der Waals surface area contributed by atoms with Crippen molar-refractivity contribution < 1.29 is 9.69 Å². The van der Waals surface area contributed by atoms with Crippen LogP contribution in [0, 0.1) is 0 Å². The van der Waals surface area contributed by atoms with Crippen LogP contribution in [0.4, 0.5) is 10.5 Å². The summed E-state index contributed by atoms with van der Waals surface area (Å²) in [5.41, 5.74) is 0.783. The van der Waals surface area contributed by atoms with E-state index in [1.54, 1.807) is 12.1 Å². The first-order valence-electron chi connectivity index (χ1n) is 5.78. The third kappa shape index (κ3) is 3.35. The van der Waals surface area contributed by atoms with Crippen LogP contribution >= 0.6 is 11.6 Å². The van der Waals surface area contributed by atoms with Crippen molar-refractivity contribution in [3.8, 4) is 0 Å². The minimum atomic E-state index is -0.0279. The lowest BCUT2D eigenvalue weighted by Gasteiger charge is -2.30. The molecule has 92 valence electrons. The summed E-state index contributed by atoms with van der Waals surface area (Å²) in [6.45, 7) is 3.64. The number of benzene rings is 1. The SMILES string of the molecule is C[NH+]1CCN(C(=O)Nc2ccc(Cl)cc2)CC1. The average molecular weight is 255 g/mol. The second-order valence-corrected chi connectivity index (χ2v) is 4.82. The highest BCUT2D eigenvalue weighted by atomic mass is 35.5. The number of hydrogen-bond donors (Lipinski definition) is 2. The van der Waals surface area contributed by atoms with E-state index in [9.17, 15) is 4.79 Å². The molecule has 0 radical (unpaired) electrons. The standard InChI is InChI=1S/C12H16ClN3O/c1-15-6-8-16(9-7-15)12(17)14-11-4-2-10(13)3-5-11/h2-5H,6-9H2,1H3,(H,14,17)/p+1. The van der Waals surface area contributed by atoms with E-state index in [1.807, 2.05) is 17.0 Å². The first-order valence-corrected chi connectivity index (χ1v) is 6.16. The molecule has 2 N–H and O–H groups in total. The third-order valence-electron chi connectivity index (χ3n) is 3.00. The molecule has 1 aromatic rings. The molecule has 1 fully saturated rings. The molecule has 4 nitrogen and oxygen atoms in total. The van der Waals surface area contributed by atoms with E-state index in [4.69, 9.17) is 11.6 Å². The number of carbonyl (C=O) groups excluding carboxylic acids is 1. The Bertz CT molecular complexity index is 385. The molecule has 0 atom stereocenters. The minimum Gasteiger partial charge on any atom is -0.334 e. The minimum absolute atomic E-state index is 0.0279. The summed E-state index contributed by atoms with van der Waals surface area (Å²) in [4.78, 5) is 15.3. The molecule has 0 aliphatic carbocycles. The van der Waals surface area contributed by atoms with Gasteiger partial charge in [-0.25, -0.2) is 4.79 Å². The fourth-order valence-electron chi connectivity index (χ4n) is 1.83. The van der Waals surface area contributed by atoms with Gasteiger partial charge in [0.15, 0.2) is 0 Å². The van der Waals surface area contributed by atoms with Crippen molar-refractivity contribution in [2.24, 2.45) is 0 Å². The van der Waals surface area contributed by atoms with Crippen LogP contribution in [0.5, 0.6) is 0 Å². The molecule has 2 rings (SSSR count). The van der Waals surface area contributed by atoms with Gasteiger partial charge in [0.05, 0.1) is 33.2 Å². The number of piperazine rings is 1. The maximum atomic E-state index is 11.9. The number of likely N-dealkylation sites (N-methyl/N-ethyl adjacent to an activating group) is 1. The lowest BCUT2D eigenvalue weighted by Crippen LogP contribution is -3.12. The molecule has 1 aliphatic heterocycles. The number of carbonyl (C=O) groups is 1. The summed E-state index contributed by atoms with van der Waals surface area (Å²) in [5, 5.41) is 3.55. The largest absolute Gasteiger partial charge is 0.334 e. The van der Waals surface area contributed by atoms with Gasteiger partial charge in [0.25, 0.3) is 0 Å². The number of nitrogens with one attached hydrogen (secondary N) is 2. The highest BCUT2D eigenvalue weighted by Crippen LogP contribution is 2.13. The molecule has 5 heteroatoms. The van der Waals surface area contributed by atoms with Crippen LogP contribution in [0.1, 0.15) is 0 Å². The van der Waals surface area contributed by atoms with E-state index in [0.29, 0.717) is 5.02 Å². The van der Waals surface area contributed by atoms with Crippen LogP contribution in [-0.4, -0.2) is 44.2 Å². The van der Waals surface area contributed by atoms with E-state index in [-0.39, 0.29) is 6.03 Å². The quantitative estimate of drug-likeness (QED) is 0.761. The van der Waals surface area contributed by atoms with Crippen LogP contribution in [0.25, 0.3) is 0 Å². The molecule has 1 aliphatic rings.